The average molecular weight is 502 g/mol. The van der Waals surface area contributed by atoms with E-state index in [-0.39, 0.29) is 10.9 Å². The van der Waals surface area contributed by atoms with Gasteiger partial charge in [0.05, 0.1) is 16.3 Å². The molecule has 6 rings (SSSR count). The number of likely N-dealkylation sites (tertiary alicyclic amines) is 1. The van der Waals surface area contributed by atoms with Crippen LogP contribution in [0.5, 0.6) is 0 Å². The van der Waals surface area contributed by atoms with Gasteiger partial charge in [-0.05, 0) is 43.0 Å². The van der Waals surface area contributed by atoms with Crippen molar-refractivity contribution >= 4 is 32.6 Å². The van der Waals surface area contributed by atoms with Gasteiger partial charge in [0.2, 0.25) is 0 Å². The number of piperidine rings is 1. The molecule has 184 valence electrons. The van der Waals surface area contributed by atoms with Crippen LogP contribution in [-0.4, -0.2) is 52.2 Å². The van der Waals surface area contributed by atoms with Gasteiger partial charge < -0.3 is 5.73 Å². The SMILES string of the molecule is C=CCN1CC2CC1C(n1nc(-c3ccc(S(=O)(=O)Nc4ccccc4)cc3)c3c(N)ncnc31)C2. The Labute approximate surface area is 209 Å². The molecule has 2 aromatic heterocycles. The summed E-state index contributed by atoms with van der Waals surface area (Å²) in [5.74, 6) is 0.984. The van der Waals surface area contributed by atoms with Crippen molar-refractivity contribution in [3.8, 4) is 11.3 Å². The summed E-state index contributed by atoms with van der Waals surface area (Å²) >= 11 is 0. The molecule has 0 amide bonds. The minimum atomic E-state index is -3.73. The van der Waals surface area contributed by atoms with Gasteiger partial charge in [-0.15, -0.1) is 6.58 Å². The summed E-state index contributed by atoms with van der Waals surface area (Å²) in [5.41, 5.74) is 8.93. The van der Waals surface area contributed by atoms with Gasteiger partial charge in [0, 0.05) is 30.4 Å². The van der Waals surface area contributed by atoms with Gasteiger partial charge in [0.25, 0.3) is 10.0 Å². The Bertz CT molecular complexity index is 1530. The van der Waals surface area contributed by atoms with Crippen molar-refractivity contribution in [2.45, 2.75) is 29.8 Å². The zero-order chi connectivity index (χ0) is 24.9. The number of hydrogen-bond acceptors (Lipinski definition) is 7. The van der Waals surface area contributed by atoms with Crippen molar-refractivity contribution in [3.05, 3.63) is 73.6 Å². The van der Waals surface area contributed by atoms with Crippen LogP contribution in [0.1, 0.15) is 18.9 Å². The second-order valence-electron chi connectivity index (χ2n) is 9.46. The first-order valence-electron chi connectivity index (χ1n) is 12.0. The van der Waals surface area contributed by atoms with Crippen LogP contribution in [0.3, 0.4) is 0 Å². The maximum Gasteiger partial charge on any atom is 0.261 e. The van der Waals surface area contributed by atoms with E-state index in [1.54, 1.807) is 48.5 Å². The highest BCUT2D eigenvalue weighted by molar-refractivity contribution is 7.92. The van der Waals surface area contributed by atoms with Crippen LogP contribution in [0.4, 0.5) is 11.5 Å². The number of benzene rings is 2. The Kier molecular flexibility index (Phi) is 5.50. The Morgan fingerprint density at radius 1 is 1.06 bits per heavy atom. The molecule has 3 unspecified atom stereocenters. The predicted octanol–water partition coefficient (Wildman–Crippen LogP) is 3.70. The van der Waals surface area contributed by atoms with E-state index < -0.39 is 10.0 Å². The monoisotopic (exact) mass is 501 g/mol. The molecule has 3 atom stereocenters. The Balaban J connectivity index is 1.37. The molecule has 3 N–H and O–H groups in total. The van der Waals surface area contributed by atoms with Crippen LogP contribution in [0.25, 0.3) is 22.3 Å². The molecule has 4 aromatic rings. The zero-order valence-corrected chi connectivity index (χ0v) is 20.5. The lowest BCUT2D eigenvalue weighted by Gasteiger charge is -2.32. The fraction of sp³-hybridized carbons (Fsp3) is 0.269. The van der Waals surface area contributed by atoms with Gasteiger partial charge in [-0.3, -0.25) is 9.62 Å². The first kappa shape index (κ1) is 22.7. The molecule has 10 heteroatoms. The largest absolute Gasteiger partial charge is 0.383 e. The zero-order valence-electron chi connectivity index (χ0n) is 19.7. The van der Waals surface area contributed by atoms with E-state index in [9.17, 15) is 8.42 Å². The summed E-state index contributed by atoms with van der Waals surface area (Å²) in [6.45, 7) is 5.85. The lowest BCUT2D eigenvalue weighted by Crippen LogP contribution is -2.39. The number of anilines is 2. The number of para-hydroxylation sites is 1. The molecular weight excluding hydrogens is 474 g/mol. The fourth-order valence-electron chi connectivity index (χ4n) is 5.68. The standard InChI is InChI=1S/C26H27N7O2S/c1-2-12-32-15-17-13-21(32)22(14-17)33-26-23(25(27)28-16-29-26)24(30-33)18-8-10-20(11-9-18)36(34,35)31-19-6-4-3-5-7-19/h2-11,16-17,21-22,31H,1,12-15H2,(H2,27,28,29). The molecule has 9 nitrogen and oxygen atoms in total. The second kappa shape index (κ2) is 8.72. The van der Waals surface area contributed by atoms with E-state index in [2.05, 4.69) is 26.2 Å². The van der Waals surface area contributed by atoms with Crippen molar-refractivity contribution in [3.63, 3.8) is 0 Å². The van der Waals surface area contributed by atoms with E-state index in [0.717, 1.165) is 31.5 Å². The van der Waals surface area contributed by atoms with Crippen molar-refractivity contribution in [1.82, 2.24) is 24.6 Å². The van der Waals surface area contributed by atoms with Crippen molar-refractivity contribution in [2.24, 2.45) is 5.92 Å². The van der Waals surface area contributed by atoms with Gasteiger partial charge in [-0.1, -0.05) is 36.4 Å². The third-order valence-corrected chi connectivity index (χ3v) is 8.61. The first-order valence-corrected chi connectivity index (χ1v) is 13.4. The normalized spacial score (nSPS) is 21.7. The lowest BCUT2D eigenvalue weighted by molar-refractivity contribution is 0.171. The number of nitrogens with two attached hydrogens (primary N) is 1. The van der Waals surface area contributed by atoms with Crippen LogP contribution in [-0.2, 0) is 10.0 Å². The van der Waals surface area contributed by atoms with Crippen LogP contribution in [0.15, 0.2) is 78.5 Å². The Hall–Kier alpha value is -3.76. The number of aromatic nitrogens is 4. The van der Waals surface area contributed by atoms with Crippen molar-refractivity contribution in [1.29, 1.82) is 0 Å². The van der Waals surface area contributed by atoms with E-state index in [0.29, 0.717) is 40.2 Å². The average Bonchev–Trinajstić information content (AvgIpc) is 3.58. The number of sulfonamides is 1. The number of nitrogen functional groups attached to an aromatic ring is 1. The topological polar surface area (TPSA) is 119 Å². The summed E-state index contributed by atoms with van der Waals surface area (Å²) in [6, 6.07) is 16.0. The molecule has 2 bridgehead atoms. The molecule has 3 heterocycles. The van der Waals surface area contributed by atoms with Crippen molar-refractivity contribution in [2.75, 3.05) is 23.5 Å². The number of rotatable bonds is 7. The minimum Gasteiger partial charge on any atom is -0.383 e. The van der Waals surface area contributed by atoms with Gasteiger partial charge in [-0.25, -0.2) is 23.1 Å². The Morgan fingerprint density at radius 3 is 2.53 bits per heavy atom. The summed E-state index contributed by atoms with van der Waals surface area (Å²) in [4.78, 5) is 11.4. The maximum atomic E-state index is 12.9. The van der Waals surface area contributed by atoms with Crippen molar-refractivity contribution < 1.29 is 8.42 Å². The van der Waals surface area contributed by atoms with E-state index in [1.165, 1.54) is 6.33 Å². The van der Waals surface area contributed by atoms with Crippen LogP contribution in [0, 0.1) is 5.92 Å². The smallest absolute Gasteiger partial charge is 0.261 e. The molecule has 0 radical (unpaired) electrons. The summed E-state index contributed by atoms with van der Waals surface area (Å²) in [6.07, 6.45) is 5.60. The number of hydrogen-bond donors (Lipinski definition) is 2. The molecule has 0 spiro atoms. The summed E-state index contributed by atoms with van der Waals surface area (Å²) in [5, 5.41) is 5.68. The quantitative estimate of drug-likeness (QED) is 0.371. The fourth-order valence-corrected chi connectivity index (χ4v) is 6.74. The second-order valence-corrected chi connectivity index (χ2v) is 11.1. The third kappa shape index (κ3) is 3.82. The summed E-state index contributed by atoms with van der Waals surface area (Å²) in [7, 11) is -3.73. The highest BCUT2D eigenvalue weighted by Crippen LogP contribution is 2.46. The molecule has 1 saturated carbocycles. The van der Waals surface area contributed by atoms with Gasteiger partial charge >= 0.3 is 0 Å². The molecule has 1 saturated heterocycles. The molecule has 1 aliphatic carbocycles. The number of nitrogens with one attached hydrogen (secondary N) is 1. The summed E-state index contributed by atoms with van der Waals surface area (Å²) < 4.78 is 30.3. The van der Waals surface area contributed by atoms with E-state index >= 15 is 0 Å². The van der Waals surface area contributed by atoms with E-state index in [1.807, 2.05) is 16.8 Å². The van der Waals surface area contributed by atoms with E-state index in [4.69, 9.17) is 10.8 Å². The number of fused-ring (bicyclic) bond motifs is 3. The van der Waals surface area contributed by atoms with Crippen LogP contribution in [0.2, 0.25) is 0 Å². The molecule has 36 heavy (non-hydrogen) atoms. The highest BCUT2D eigenvalue weighted by atomic mass is 32.2. The van der Waals surface area contributed by atoms with Crippen LogP contribution < -0.4 is 10.5 Å². The van der Waals surface area contributed by atoms with Gasteiger partial charge in [0.1, 0.15) is 17.8 Å². The van der Waals surface area contributed by atoms with Gasteiger partial charge in [-0.2, -0.15) is 5.10 Å². The van der Waals surface area contributed by atoms with Gasteiger partial charge in [0.15, 0.2) is 5.65 Å². The molecule has 1 aliphatic heterocycles. The third-order valence-electron chi connectivity index (χ3n) is 7.22. The molecule has 2 aromatic carbocycles. The predicted molar refractivity (Wildman–Crippen MR) is 140 cm³/mol. The molecule has 2 fully saturated rings. The lowest BCUT2D eigenvalue weighted by atomic mass is 10.1. The van der Waals surface area contributed by atoms with Crippen LogP contribution >= 0.6 is 0 Å². The first-order chi connectivity index (χ1) is 17.4. The Morgan fingerprint density at radius 2 is 1.81 bits per heavy atom. The minimum absolute atomic E-state index is 0.163. The highest BCUT2D eigenvalue weighted by Gasteiger charge is 2.46. The maximum absolute atomic E-state index is 12.9. The molecular formula is C26H27N7O2S. The molecule has 2 aliphatic rings. The number of nitrogens with zero attached hydrogens (tertiary/aromatic N) is 5.